The van der Waals surface area contributed by atoms with E-state index < -0.39 is 95.9 Å². The van der Waals surface area contributed by atoms with E-state index in [2.05, 4.69) is 16.0 Å². The summed E-state index contributed by atoms with van der Waals surface area (Å²) < 4.78 is 34.2. The Kier molecular flexibility index (Phi) is 10.9. The number of halogens is 2. The fourth-order valence-corrected chi connectivity index (χ4v) is 9.78. The first-order valence-electron chi connectivity index (χ1n) is 19.8. The predicted octanol–water partition coefficient (Wildman–Crippen LogP) is 1.36. The molecule has 3 N–H and O–H groups in total. The van der Waals surface area contributed by atoms with Crippen molar-refractivity contribution in [3.63, 3.8) is 0 Å². The SMILES string of the molecule is C[C@@H]1NC(=O)[C@H](C)N(C)C(=O)[C@@H]2CCCN2C(=O)[C@@H](NC(=O)[C@H](Cc2cc(F)cc(F)c2)NC(=O)/C=C/C2CC3CCC34CC24)COC(=O)[C@@H]2CCCN2C1=O. The number of cyclic esters (lactones) is 1. The molecular formula is C40H50F2N6O8. The van der Waals surface area contributed by atoms with Crippen LogP contribution in [0.4, 0.5) is 8.78 Å². The number of nitrogens with zero attached hydrogens (tertiary/aromatic N) is 3. The second-order valence-corrected chi connectivity index (χ2v) is 16.5. The van der Waals surface area contributed by atoms with E-state index in [9.17, 15) is 42.3 Å². The first kappa shape index (κ1) is 39.3. The van der Waals surface area contributed by atoms with Crippen LogP contribution in [0.3, 0.4) is 0 Å². The van der Waals surface area contributed by atoms with Crippen LogP contribution in [0.2, 0.25) is 0 Å². The summed E-state index contributed by atoms with van der Waals surface area (Å²) in [6.07, 6.45) is 8.95. The van der Waals surface area contributed by atoms with Crippen molar-refractivity contribution in [3.8, 4) is 0 Å². The summed E-state index contributed by atoms with van der Waals surface area (Å²) in [4.78, 5) is 99.5. The molecule has 3 saturated carbocycles. The first-order valence-corrected chi connectivity index (χ1v) is 19.8. The van der Waals surface area contributed by atoms with Gasteiger partial charge in [-0.05, 0) is 112 Å². The van der Waals surface area contributed by atoms with Crippen molar-refractivity contribution in [1.82, 2.24) is 30.7 Å². The number of fused-ring (bicyclic) bond motifs is 2. The van der Waals surface area contributed by atoms with Crippen molar-refractivity contribution in [1.29, 1.82) is 0 Å². The van der Waals surface area contributed by atoms with Gasteiger partial charge in [0, 0.05) is 32.6 Å². The summed E-state index contributed by atoms with van der Waals surface area (Å²) >= 11 is 0. The van der Waals surface area contributed by atoms with Crippen LogP contribution in [-0.4, -0.2) is 119 Å². The number of rotatable bonds is 7. The standard InChI is InChI=1S/C40H50F2N6O8/c1-21-36(52)48-13-5-7-32(48)39(55)56-20-30(37(53)47-12-4-6-31(47)38(54)46(3)22(2)34(50)43-21)45-35(51)29(16-23-14-26(41)18-27(42)15-23)44-33(49)9-8-24-17-25-10-11-40(25)19-28(24)40/h8-9,14-15,18,21-22,24-25,28-32H,4-7,10-13,16-17,19-20H2,1-3H3,(H,43,50)(H,44,49)(H,45,51)/b9-8+/t21-,22-,24?,25?,28?,29-,30-,31-,32-,40?/m0/s1. The summed E-state index contributed by atoms with van der Waals surface area (Å²) in [7, 11) is 1.43. The van der Waals surface area contributed by atoms with Gasteiger partial charge in [0.25, 0.3) is 0 Å². The second-order valence-electron chi connectivity index (χ2n) is 16.5. The molecule has 6 amide bonds. The molecule has 56 heavy (non-hydrogen) atoms. The summed E-state index contributed by atoms with van der Waals surface area (Å²) in [5, 5.41) is 7.89. The topological polar surface area (TPSA) is 175 Å². The van der Waals surface area contributed by atoms with E-state index in [4.69, 9.17) is 4.74 Å². The van der Waals surface area contributed by atoms with E-state index in [-0.39, 0.29) is 43.8 Å². The molecule has 3 aliphatic heterocycles. The van der Waals surface area contributed by atoms with Crippen LogP contribution in [0.5, 0.6) is 0 Å². The van der Waals surface area contributed by atoms with E-state index in [0.29, 0.717) is 36.2 Å². The quantitative estimate of drug-likeness (QED) is 0.275. The maximum atomic E-state index is 14.3. The molecule has 7 rings (SSSR count). The third kappa shape index (κ3) is 7.62. The molecule has 0 bridgehead atoms. The molecule has 0 aromatic heterocycles. The maximum absolute atomic E-state index is 14.3. The summed E-state index contributed by atoms with van der Waals surface area (Å²) in [5.74, 6) is -4.98. The molecule has 302 valence electrons. The maximum Gasteiger partial charge on any atom is 0.328 e. The number of carbonyl (C=O) groups excluding carboxylic acids is 7. The lowest BCUT2D eigenvalue weighted by Crippen LogP contribution is -2.60. The number of hydrogen-bond acceptors (Lipinski definition) is 8. The molecule has 3 heterocycles. The molecule has 4 unspecified atom stereocenters. The molecular weight excluding hydrogens is 730 g/mol. The zero-order chi connectivity index (χ0) is 40.1. The minimum Gasteiger partial charge on any atom is -0.461 e. The van der Waals surface area contributed by atoms with Gasteiger partial charge in [0.2, 0.25) is 35.4 Å². The molecule has 14 nitrogen and oxygen atoms in total. The molecule has 1 aromatic rings. The highest BCUT2D eigenvalue weighted by Crippen LogP contribution is 2.78. The number of hydrogen-bond donors (Lipinski definition) is 3. The zero-order valence-electron chi connectivity index (χ0n) is 31.9. The average molecular weight is 781 g/mol. The highest BCUT2D eigenvalue weighted by molar-refractivity contribution is 5.98. The first-order chi connectivity index (χ1) is 26.7. The number of nitrogens with one attached hydrogen (secondary N) is 3. The molecule has 10 atom stereocenters. The average Bonchev–Trinajstić information content (AvgIpc) is 3.41. The number of amides is 6. The Bertz CT molecular complexity index is 1820. The second kappa shape index (κ2) is 15.6. The largest absolute Gasteiger partial charge is 0.461 e. The normalized spacial score (nSPS) is 33.9. The number of carbonyl (C=O) groups is 7. The summed E-state index contributed by atoms with van der Waals surface area (Å²) in [6.45, 7) is 2.68. The fourth-order valence-electron chi connectivity index (χ4n) is 9.78. The van der Waals surface area contributed by atoms with Crippen molar-refractivity contribution in [2.24, 2.45) is 23.2 Å². The van der Waals surface area contributed by atoms with Crippen LogP contribution in [0.25, 0.3) is 0 Å². The van der Waals surface area contributed by atoms with Gasteiger partial charge < -0.3 is 35.4 Å². The molecule has 3 aliphatic carbocycles. The van der Waals surface area contributed by atoms with Gasteiger partial charge in [-0.15, -0.1) is 0 Å². The van der Waals surface area contributed by atoms with Crippen LogP contribution in [0, 0.1) is 34.8 Å². The van der Waals surface area contributed by atoms with E-state index in [1.54, 1.807) is 0 Å². The van der Waals surface area contributed by atoms with E-state index in [0.717, 1.165) is 25.0 Å². The molecule has 6 aliphatic rings. The van der Waals surface area contributed by atoms with Gasteiger partial charge in [-0.3, -0.25) is 28.8 Å². The Morgan fingerprint density at radius 1 is 0.964 bits per heavy atom. The Morgan fingerprint density at radius 2 is 1.64 bits per heavy atom. The van der Waals surface area contributed by atoms with Gasteiger partial charge in [0.05, 0.1) is 0 Å². The number of allylic oxidation sites excluding steroid dienone is 1. The highest BCUT2D eigenvalue weighted by Gasteiger charge is 2.69. The van der Waals surface area contributed by atoms with E-state index in [1.165, 1.54) is 54.5 Å². The lowest BCUT2D eigenvalue weighted by molar-refractivity contribution is -0.158. The lowest BCUT2D eigenvalue weighted by atomic mass is 9.71. The number of likely N-dealkylation sites (N-methyl/N-ethyl adjacent to an activating group) is 1. The van der Waals surface area contributed by atoms with Gasteiger partial charge in [0.1, 0.15) is 54.5 Å². The third-order valence-electron chi connectivity index (χ3n) is 13.2. The molecule has 1 spiro atoms. The van der Waals surface area contributed by atoms with Crippen molar-refractivity contribution >= 4 is 41.4 Å². The molecule has 1 aromatic carbocycles. The van der Waals surface area contributed by atoms with Gasteiger partial charge >= 0.3 is 5.97 Å². The Labute approximate surface area is 324 Å². The highest BCUT2D eigenvalue weighted by atomic mass is 19.1. The Hall–Kier alpha value is -4.89. The van der Waals surface area contributed by atoms with Crippen LogP contribution in [-0.2, 0) is 44.7 Å². The van der Waals surface area contributed by atoms with Crippen molar-refractivity contribution in [2.75, 3.05) is 26.7 Å². The van der Waals surface area contributed by atoms with Crippen LogP contribution in [0.1, 0.15) is 70.8 Å². The minimum absolute atomic E-state index is 0.0709. The molecule has 6 fully saturated rings. The van der Waals surface area contributed by atoms with Gasteiger partial charge in [0.15, 0.2) is 0 Å². The molecule has 16 heteroatoms. The minimum atomic E-state index is -1.55. The predicted molar refractivity (Wildman–Crippen MR) is 195 cm³/mol. The van der Waals surface area contributed by atoms with Gasteiger partial charge in [-0.25, -0.2) is 13.6 Å². The van der Waals surface area contributed by atoms with Crippen LogP contribution in [0.15, 0.2) is 30.4 Å². The molecule has 0 radical (unpaired) electrons. The Balaban J connectivity index is 1.14. The number of ether oxygens (including phenoxy) is 1. The molecule has 3 saturated heterocycles. The van der Waals surface area contributed by atoms with Gasteiger partial charge in [-0.2, -0.15) is 0 Å². The van der Waals surface area contributed by atoms with Gasteiger partial charge in [-0.1, -0.05) is 6.08 Å². The number of esters is 1. The Morgan fingerprint density at radius 3 is 2.27 bits per heavy atom. The monoisotopic (exact) mass is 780 g/mol. The van der Waals surface area contributed by atoms with Crippen LogP contribution >= 0.6 is 0 Å². The summed E-state index contributed by atoms with van der Waals surface area (Å²) in [5.41, 5.74) is 0.503. The number of benzene rings is 1. The van der Waals surface area contributed by atoms with Crippen LogP contribution < -0.4 is 16.0 Å². The van der Waals surface area contributed by atoms with Crippen molar-refractivity contribution in [3.05, 3.63) is 47.5 Å². The van der Waals surface area contributed by atoms with Crippen molar-refractivity contribution < 1.29 is 47.1 Å². The smallest absolute Gasteiger partial charge is 0.328 e. The van der Waals surface area contributed by atoms with E-state index in [1.807, 2.05) is 6.08 Å². The third-order valence-corrected chi connectivity index (χ3v) is 13.2. The van der Waals surface area contributed by atoms with E-state index >= 15 is 0 Å². The fraction of sp³-hybridized carbons (Fsp3) is 0.625. The summed E-state index contributed by atoms with van der Waals surface area (Å²) in [6, 6.07) is -4.26. The zero-order valence-corrected chi connectivity index (χ0v) is 31.9. The lowest BCUT2D eigenvalue weighted by Gasteiger charge is -2.34. The van der Waals surface area contributed by atoms with Crippen molar-refractivity contribution in [2.45, 2.75) is 108 Å².